The largest absolute Gasteiger partial charge is 0.477 e. The molecule has 0 aliphatic heterocycles. The lowest BCUT2D eigenvalue weighted by Crippen LogP contribution is -2.33. The first kappa shape index (κ1) is 17.9. The molecule has 3 heteroatoms. The number of carbonyl (C=O) groups is 1. The van der Waals surface area contributed by atoms with E-state index in [-0.39, 0.29) is 10.8 Å². The first-order valence-corrected chi connectivity index (χ1v) is 9.59. The van der Waals surface area contributed by atoms with Crippen molar-refractivity contribution in [2.45, 2.75) is 58.3 Å². The number of carboxylic acid groups (broad SMARTS) is 1. The molecule has 1 aromatic carbocycles. The zero-order valence-electron chi connectivity index (χ0n) is 15.6. The molecule has 1 aliphatic rings. The molecule has 2 nitrogen and oxygen atoms in total. The van der Waals surface area contributed by atoms with E-state index in [1.807, 2.05) is 6.07 Å². The second kappa shape index (κ2) is 6.14. The Morgan fingerprint density at radius 2 is 1.68 bits per heavy atom. The molecule has 3 rings (SSSR count). The number of thiophene rings is 1. The summed E-state index contributed by atoms with van der Waals surface area (Å²) in [5.74, 6) is -0.861. The minimum Gasteiger partial charge on any atom is -0.477 e. The first-order valence-electron chi connectivity index (χ1n) is 8.77. The van der Waals surface area contributed by atoms with Crippen LogP contribution < -0.4 is 0 Å². The smallest absolute Gasteiger partial charge is 0.345 e. The van der Waals surface area contributed by atoms with E-state index < -0.39 is 5.97 Å². The summed E-state index contributed by atoms with van der Waals surface area (Å²) in [5.41, 5.74) is 5.72. The molecule has 0 radical (unpaired) electrons. The second-order valence-electron chi connectivity index (χ2n) is 8.36. The van der Waals surface area contributed by atoms with Gasteiger partial charge in [0.05, 0.1) is 0 Å². The molecule has 0 atom stereocenters. The van der Waals surface area contributed by atoms with E-state index >= 15 is 0 Å². The second-order valence-corrected chi connectivity index (χ2v) is 9.48. The summed E-state index contributed by atoms with van der Waals surface area (Å²) in [6.45, 7) is 11.4. The summed E-state index contributed by atoms with van der Waals surface area (Å²) in [7, 11) is 0. The van der Waals surface area contributed by atoms with Crippen LogP contribution in [0.1, 0.15) is 78.7 Å². The summed E-state index contributed by atoms with van der Waals surface area (Å²) in [6.07, 6.45) is 4.50. The third kappa shape index (κ3) is 3.43. The van der Waals surface area contributed by atoms with Crippen LogP contribution >= 0.6 is 11.3 Å². The van der Waals surface area contributed by atoms with Crippen LogP contribution in [0.3, 0.4) is 0 Å². The summed E-state index contributed by atoms with van der Waals surface area (Å²) in [4.78, 5) is 12.4. The predicted molar refractivity (Wildman–Crippen MR) is 107 cm³/mol. The van der Waals surface area contributed by atoms with Gasteiger partial charge in [-0.3, -0.25) is 0 Å². The maximum absolute atomic E-state index is 11.1. The average Bonchev–Trinajstić information content (AvgIpc) is 3.00. The predicted octanol–water partition coefficient (Wildman–Crippen LogP) is 6.36. The van der Waals surface area contributed by atoms with Crippen LogP contribution in [0.2, 0.25) is 0 Å². The van der Waals surface area contributed by atoms with Crippen LogP contribution in [0.4, 0.5) is 0 Å². The molecule has 2 aromatic rings. The van der Waals surface area contributed by atoms with Crippen molar-refractivity contribution in [2.24, 2.45) is 0 Å². The van der Waals surface area contributed by atoms with E-state index in [1.54, 1.807) is 6.07 Å². The molecule has 0 unspecified atom stereocenters. The highest BCUT2D eigenvalue weighted by Gasteiger charge is 2.36. The van der Waals surface area contributed by atoms with Gasteiger partial charge in [-0.25, -0.2) is 4.79 Å². The van der Waals surface area contributed by atoms with Crippen LogP contribution in [-0.2, 0) is 10.8 Å². The molecule has 1 aliphatic carbocycles. The number of benzene rings is 1. The highest BCUT2D eigenvalue weighted by molar-refractivity contribution is 7.14. The van der Waals surface area contributed by atoms with Gasteiger partial charge in [-0.05, 0) is 71.1 Å². The molecular formula is C22H26O2S. The number of fused-ring (bicyclic) bond motifs is 1. The topological polar surface area (TPSA) is 37.3 Å². The van der Waals surface area contributed by atoms with Gasteiger partial charge < -0.3 is 5.11 Å². The quantitative estimate of drug-likeness (QED) is 0.696. The number of hydrogen-bond acceptors (Lipinski definition) is 2. The van der Waals surface area contributed by atoms with E-state index in [9.17, 15) is 4.79 Å². The maximum Gasteiger partial charge on any atom is 0.345 e. The number of rotatable bonds is 3. The van der Waals surface area contributed by atoms with Gasteiger partial charge in [0.2, 0.25) is 0 Å². The Hall–Kier alpha value is -1.87. The van der Waals surface area contributed by atoms with Crippen LogP contribution in [0.5, 0.6) is 0 Å². The SMILES string of the molecule is C/C(=C\c1ccc(C(=O)O)s1)c1ccc2c(c1)C(C)(C)CCC2(C)C. The fourth-order valence-electron chi connectivity index (χ4n) is 3.68. The molecule has 132 valence electrons. The van der Waals surface area contributed by atoms with E-state index in [1.165, 1.54) is 46.4 Å². The number of hydrogen-bond donors (Lipinski definition) is 1. The number of aromatic carboxylic acids is 1. The maximum atomic E-state index is 11.1. The van der Waals surface area contributed by atoms with Crippen molar-refractivity contribution in [3.8, 4) is 0 Å². The summed E-state index contributed by atoms with van der Waals surface area (Å²) >= 11 is 1.32. The summed E-state index contributed by atoms with van der Waals surface area (Å²) < 4.78 is 0. The molecule has 0 amide bonds. The van der Waals surface area contributed by atoms with Crippen molar-refractivity contribution >= 4 is 29.0 Å². The lowest BCUT2D eigenvalue weighted by atomic mass is 9.63. The van der Waals surface area contributed by atoms with Crippen molar-refractivity contribution in [1.82, 2.24) is 0 Å². The number of carboxylic acids is 1. The van der Waals surface area contributed by atoms with Crippen LogP contribution in [0, 0.1) is 0 Å². The standard InChI is InChI=1S/C22H26O2S/c1-14(12-16-7-9-19(25-16)20(23)24)15-6-8-17-18(13-15)22(4,5)11-10-21(17,2)3/h6-9,12-13H,10-11H2,1-5H3,(H,23,24)/b14-12+. The zero-order valence-corrected chi connectivity index (χ0v) is 16.5. The molecule has 1 heterocycles. The lowest BCUT2D eigenvalue weighted by molar-refractivity contribution is 0.0702. The minimum absolute atomic E-state index is 0.195. The zero-order chi connectivity index (χ0) is 18.4. The fourth-order valence-corrected chi connectivity index (χ4v) is 4.53. The summed E-state index contributed by atoms with van der Waals surface area (Å²) in [6, 6.07) is 10.4. The third-order valence-electron chi connectivity index (χ3n) is 5.50. The van der Waals surface area contributed by atoms with Crippen molar-refractivity contribution in [3.63, 3.8) is 0 Å². The molecule has 1 aromatic heterocycles. The molecule has 0 fully saturated rings. The monoisotopic (exact) mass is 354 g/mol. The molecule has 0 saturated carbocycles. The van der Waals surface area contributed by atoms with Gasteiger partial charge >= 0.3 is 5.97 Å². The van der Waals surface area contributed by atoms with Gasteiger partial charge in [0.25, 0.3) is 0 Å². The molecule has 1 N–H and O–H groups in total. The Balaban J connectivity index is 2.00. The average molecular weight is 355 g/mol. The minimum atomic E-state index is -0.861. The highest BCUT2D eigenvalue weighted by Crippen LogP contribution is 2.46. The van der Waals surface area contributed by atoms with Crippen molar-refractivity contribution in [1.29, 1.82) is 0 Å². The van der Waals surface area contributed by atoms with E-state index in [0.29, 0.717) is 4.88 Å². The van der Waals surface area contributed by atoms with Gasteiger partial charge in [0, 0.05) is 4.88 Å². The Kier molecular flexibility index (Phi) is 4.40. The van der Waals surface area contributed by atoms with Crippen molar-refractivity contribution < 1.29 is 9.90 Å². The van der Waals surface area contributed by atoms with Gasteiger partial charge in [-0.15, -0.1) is 11.3 Å². The van der Waals surface area contributed by atoms with Gasteiger partial charge in [0.15, 0.2) is 0 Å². The lowest BCUT2D eigenvalue weighted by Gasteiger charge is -2.42. The Morgan fingerprint density at radius 3 is 2.28 bits per heavy atom. The Bertz CT molecular complexity index is 853. The normalized spacial score (nSPS) is 18.7. The van der Waals surface area contributed by atoms with Gasteiger partial charge in [-0.2, -0.15) is 0 Å². The van der Waals surface area contributed by atoms with Crippen molar-refractivity contribution in [3.05, 3.63) is 56.8 Å². The molecular weight excluding hydrogens is 328 g/mol. The Morgan fingerprint density at radius 1 is 1.04 bits per heavy atom. The van der Waals surface area contributed by atoms with Crippen LogP contribution in [0.25, 0.3) is 11.6 Å². The Labute approximate surface area is 154 Å². The van der Waals surface area contributed by atoms with Crippen LogP contribution in [0.15, 0.2) is 30.3 Å². The number of allylic oxidation sites excluding steroid dienone is 1. The van der Waals surface area contributed by atoms with E-state index in [4.69, 9.17) is 5.11 Å². The highest BCUT2D eigenvalue weighted by atomic mass is 32.1. The van der Waals surface area contributed by atoms with E-state index in [2.05, 4.69) is 58.9 Å². The third-order valence-corrected chi connectivity index (χ3v) is 6.52. The summed E-state index contributed by atoms with van der Waals surface area (Å²) in [5, 5.41) is 9.08. The van der Waals surface area contributed by atoms with Gasteiger partial charge in [0.1, 0.15) is 4.88 Å². The van der Waals surface area contributed by atoms with Gasteiger partial charge in [-0.1, -0.05) is 45.9 Å². The fraction of sp³-hybridized carbons (Fsp3) is 0.409. The van der Waals surface area contributed by atoms with Crippen LogP contribution in [-0.4, -0.2) is 11.1 Å². The van der Waals surface area contributed by atoms with E-state index in [0.717, 1.165) is 4.88 Å². The molecule has 0 saturated heterocycles. The molecule has 0 spiro atoms. The molecule has 0 bridgehead atoms. The molecule has 25 heavy (non-hydrogen) atoms. The van der Waals surface area contributed by atoms with Crippen molar-refractivity contribution in [2.75, 3.05) is 0 Å². The first-order chi connectivity index (χ1) is 11.6.